The molecule has 7 nitrogen and oxygen atoms in total. The van der Waals surface area contributed by atoms with E-state index in [9.17, 15) is 0 Å². The molecule has 176 valence electrons. The van der Waals surface area contributed by atoms with E-state index in [2.05, 4.69) is 58.7 Å². The Hall–Kier alpha value is -3.84. The zero-order valence-electron chi connectivity index (χ0n) is 19.4. The molecule has 3 heterocycles. The van der Waals surface area contributed by atoms with Crippen LogP contribution < -0.4 is 15.0 Å². The number of rotatable bonds is 2. The molecule has 1 N–H and O–H groups in total. The van der Waals surface area contributed by atoms with Crippen LogP contribution in [0.2, 0.25) is 5.15 Å². The van der Waals surface area contributed by atoms with Crippen molar-refractivity contribution >= 4 is 29.1 Å². The van der Waals surface area contributed by atoms with E-state index in [0.717, 1.165) is 42.3 Å². The number of aromatic nitrogens is 4. The molecule has 6 rings (SSSR count). The summed E-state index contributed by atoms with van der Waals surface area (Å²) in [7, 11) is 2.08. The molecule has 0 saturated heterocycles. The summed E-state index contributed by atoms with van der Waals surface area (Å²) in [6.45, 7) is 1.17. The maximum Gasteiger partial charge on any atom is 0.229 e. The first kappa shape index (κ1) is 21.7. The lowest BCUT2D eigenvalue weighted by molar-refractivity contribution is 0.361. The van der Waals surface area contributed by atoms with E-state index in [-0.39, 0.29) is 5.92 Å². The van der Waals surface area contributed by atoms with Gasteiger partial charge in [0.25, 0.3) is 0 Å². The van der Waals surface area contributed by atoms with Crippen molar-refractivity contribution in [2.45, 2.75) is 18.8 Å². The quantitative estimate of drug-likeness (QED) is 0.378. The third-order valence-electron chi connectivity index (χ3n) is 6.52. The molecule has 1 unspecified atom stereocenters. The van der Waals surface area contributed by atoms with Crippen LogP contribution in [-0.4, -0.2) is 39.7 Å². The van der Waals surface area contributed by atoms with Gasteiger partial charge in [0.2, 0.25) is 5.95 Å². The van der Waals surface area contributed by atoms with Gasteiger partial charge in [0.15, 0.2) is 0 Å². The molecular formula is C27H25ClN6O. The lowest BCUT2D eigenvalue weighted by atomic mass is 9.97. The maximum absolute atomic E-state index is 6.13. The molecule has 35 heavy (non-hydrogen) atoms. The molecule has 2 aliphatic rings. The van der Waals surface area contributed by atoms with Crippen molar-refractivity contribution in [3.63, 3.8) is 0 Å². The highest BCUT2D eigenvalue weighted by Crippen LogP contribution is 2.41. The van der Waals surface area contributed by atoms with E-state index < -0.39 is 0 Å². The highest BCUT2D eigenvalue weighted by molar-refractivity contribution is 6.29. The van der Waals surface area contributed by atoms with Gasteiger partial charge in [-0.2, -0.15) is 4.98 Å². The van der Waals surface area contributed by atoms with Gasteiger partial charge < -0.3 is 19.5 Å². The van der Waals surface area contributed by atoms with Crippen LogP contribution in [0, 0.1) is 0 Å². The van der Waals surface area contributed by atoms with E-state index in [1.807, 2.05) is 28.8 Å². The minimum atomic E-state index is 0.264. The summed E-state index contributed by atoms with van der Waals surface area (Å²) in [5.74, 6) is 2.54. The number of ether oxygens (including phenoxy) is 1. The molecule has 0 saturated carbocycles. The van der Waals surface area contributed by atoms with Gasteiger partial charge in [0.05, 0.1) is 11.4 Å². The Morgan fingerprint density at radius 3 is 2.80 bits per heavy atom. The Kier molecular flexibility index (Phi) is 5.62. The molecule has 0 fully saturated rings. The minimum Gasteiger partial charge on any atom is -0.487 e. The van der Waals surface area contributed by atoms with Gasteiger partial charge in [-0.05, 0) is 36.6 Å². The zero-order valence-corrected chi connectivity index (χ0v) is 20.1. The summed E-state index contributed by atoms with van der Waals surface area (Å²) in [5, 5.41) is 3.86. The summed E-state index contributed by atoms with van der Waals surface area (Å²) < 4.78 is 7.98. The SMILES string of the molecule is CN1C/C=C\COc2cc(ccc2-n2cnc(Cl)c2)Nc2nc3c(c1n2)CCC3c1ccccc1. The van der Waals surface area contributed by atoms with Gasteiger partial charge in [-0.3, -0.25) is 0 Å². The van der Waals surface area contributed by atoms with Gasteiger partial charge in [-0.1, -0.05) is 48.0 Å². The standard InChI is InChI=1S/C27H25ClN6O/c1-33-13-5-6-14-35-23-15-19(9-12-22(23)34-16-24(28)29-17-34)30-27-31-25-20(18-7-3-2-4-8-18)10-11-21(25)26(33)32-27/h2-9,12,15-17,20H,10-11,13-14H2,1H3,(H,30,31,32)/b6-5-. The Morgan fingerprint density at radius 2 is 1.97 bits per heavy atom. The predicted molar refractivity (Wildman–Crippen MR) is 138 cm³/mol. The monoisotopic (exact) mass is 484 g/mol. The van der Waals surface area contributed by atoms with Crippen molar-refractivity contribution in [3.8, 4) is 11.4 Å². The Morgan fingerprint density at radius 1 is 1.09 bits per heavy atom. The van der Waals surface area contributed by atoms with Crippen LogP contribution in [0.3, 0.4) is 0 Å². The number of nitrogens with one attached hydrogen (secondary N) is 1. The molecule has 4 aromatic rings. The number of hydrogen-bond acceptors (Lipinski definition) is 6. The second-order valence-electron chi connectivity index (χ2n) is 8.81. The normalized spacial score (nSPS) is 17.9. The van der Waals surface area contributed by atoms with Crippen LogP contribution in [0.4, 0.5) is 17.5 Å². The average Bonchev–Trinajstić information content (AvgIpc) is 3.50. The number of nitrogens with zero attached hydrogens (tertiary/aromatic N) is 5. The molecule has 1 aliphatic carbocycles. The van der Waals surface area contributed by atoms with Crippen LogP contribution in [0.15, 0.2) is 73.2 Å². The van der Waals surface area contributed by atoms with Crippen LogP contribution in [0.1, 0.15) is 29.2 Å². The third-order valence-corrected chi connectivity index (χ3v) is 6.72. The highest BCUT2D eigenvalue weighted by Gasteiger charge is 2.30. The summed E-state index contributed by atoms with van der Waals surface area (Å²) in [6.07, 6.45) is 9.59. The summed E-state index contributed by atoms with van der Waals surface area (Å²) >= 11 is 6.05. The Balaban J connectivity index is 1.44. The van der Waals surface area contributed by atoms with E-state index >= 15 is 0 Å². The third kappa shape index (κ3) is 4.23. The number of halogens is 1. The number of likely N-dealkylation sites (N-methyl/N-ethyl adjacent to an activating group) is 1. The van der Waals surface area contributed by atoms with Crippen molar-refractivity contribution in [1.29, 1.82) is 0 Å². The minimum absolute atomic E-state index is 0.264. The lowest BCUT2D eigenvalue weighted by Crippen LogP contribution is -2.21. The molecule has 0 radical (unpaired) electrons. The predicted octanol–water partition coefficient (Wildman–Crippen LogP) is 5.52. The van der Waals surface area contributed by atoms with Crippen molar-refractivity contribution in [3.05, 3.63) is 95.2 Å². The van der Waals surface area contributed by atoms with E-state index in [4.69, 9.17) is 26.3 Å². The summed E-state index contributed by atoms with van der Waals surface area (Å²) in [5.41, 5.74) is 5.34. The number of anilines is 3. The molecule has 0 spiro atoms. The van der Waals surface area contributed by atoms with Crippen molar-refractivity contribution in [2.75, 3.05) is 30.4 Å². The highest BCUT2D eigenvalue weighted by atomic mass is 35.5. The lowest BCUT2D eigenvalue weighted by Gasteiger charge is -2.21. The first-order valence-corrected chi connectivity index (χ1v) is 12.1. The molecule has 2 aromatic heterocycles. The van der Waals surface area contributed by atoms with Gasteiger partial charge in [0.1, 0.15) is 29.7 Å². The average molecular weight is 485 g/mol. The molecule has 2 aromatic carbocycles. The maximum atomic E-state index is 6.13. The van der Waals surface area contributed by atoms with E-state index in [0.29, 0.717) is 23.5 Å². The Bertz CT molecular complexity index is 1400. The first-order chi connectivity index (χ1) is 17.2. The smallest absolute Gasteiger partial charge is 0.229 e. The van der Waals surface area contributed by atoms with Crippen molar-refractivity contribution < 1.29 is 4.74 Å². The van der Waals surface area contributed by atoms with Gasteiger partial charge in [0, 0.05) is 43.0 Å². The van der Waals surface area contributed by atoms with Gasteiger partial charge >= 0.3 is 0 Å². The molecule has 8 heteroatoms. The van der Waals surface area contributed by atoms with Crippen LogP contribution in [0.5, 0.6) is 5.75 Å². The summed E-state index contributed by atoms with van der Waals surface area (Å²) in [4.78, 5) is 16.3. The summed E-state index contributed by atoms with van der Waals surface area (Å²) in [6, 6.07) is 16.5. The molecule has 1 atom stereocenters. The fourth-order valence-electron chi connectivity index (χ4n) is 4.83. The molecule has 0 amide bonds. The zero-order chi connectivity index (χ0) is 23.8. The largest absolute Gasteiger partial charge is 0.487 e. The van der Waals surface area contributed by atoms with Crippen LogP contribution >= 0.6 is 11.6 Å². The Labute approximate surface area is 209 Å². The topological polar surface area (TPSA) is 68.1 Å². The van der Waals surface area contributed by atoms with Gasteiger partial charge in [-0.25, -0.2) is 9.97 Å². The second-order valence-corrected chi connectivity index (χ2v) is 9.20. The number of benzene rings is 2. The number of fused-ring (bicyclic) bond motifs is 6. The molecule has 1 aliphatic heterocycles. The van der Waals surface area contributed by atoms with Crippen molar-refractivity contribution in [2.24, 2.45) is 0 Å². The van der Waals surface area contributed by atoms with Crippen LogP contribution in [0.25, 0.3) is 5.69 Å². The van der Waals surface area contributed by atoms with E-state index in [1.165, 1.54) is 11.1 Å². The molecular weight excluding hydrogens is 460 g/mol. The van der Waals surface area contributed by atoms with Gasteiger partial charge in [-0.15, -0.1) is 0 Å². The molecule has 4 bridgehead atoms. The number of imidazole rings is 1. The van der Waals surface area contributed by atoms with Crippen molar-refractivity contribution in [1.82, 2.24) is 19.5 Å². The van der Waals surface area contributed by atoms with Crippen LogP contribution in [-0.2, 0) is 6.42 Å². The first-order valence-electron chi connectivity index (χ1n) is 11.7. The number of hydrogen-bond donors (Lipinski definition) is 1. The van der Waals surface area contributed by atoms with E-state index in [1.54, 1.807) is 12.5 Å². The fourth-order valence-corrected chi connectivity index (χ4v) is 4.98. The fraction of sp³-hybridized carbons (Fsp3) is 0.222. The second kappa shape index (κ2) is 9.07.